The van der Waals surface area contributed by atoms with Crippen LogP contribution in [0.2, 0.25) is 0 Å². The predicted octanol–water partition coefficient (Wildman–Crippen LogP) is 1.71. The molecule has 0 N–H and O–H groups in total. The van der Waals surface area contributed by atoms with E-state index in [4.69, 9.17) is 0 Å². The summed E-state index contributed by atoms with van der Waals surface area (Å²) in [5.41, 5.74) is 0. The summed E-state index contributed by atoms with van der Waals surface area (Å²) in [4.78, 5) is 0. The van der Waals surface area contributed by atoms with E-state index in [9.17, 15) is 9.13 Å². The standard InChI is InChI=1S/C8H10O4P2/c1-11-13(9)7-3-5-8(6-4-7)14(10)12-2/h3-6H,1-2H3/q+2. The Balaban J connectivity index is 2.89. The van der Waals surface area contributed by atoms with Gasteiger partial charge in [-0.05, 0) is 33.4 Å². The van der Waals surface area contributed by atoms with Crippen LogP contribution in [-0.4, -0.2) is 14.2 Å². The van der Waals surface area contributed by atoms with Gasteiger partial charge >= 0.3 is 16.1 Å². The van der Waals surface area contributed by atoms with Gasteiger partial charge in [0.15, 0.2) is 0 Å². The van der Waals surface area contributed by atoms with Gasteiger partial charge in [-0.15, -0.1) is 9.05 Å². The van der Waals surface area contributed by atoms with Crippen molar-refractivity contribution in [1.82, 2.24) is 0 Å². The molecule has 14 heavy (non-hydrogen) atoms. The van der Waals surface area contributed by atoms with Gasteiger partial charge in [0.05, 0.1) is 14.2 Å². The lowest BCUT2D eigenvalue weighted by Crippen LogP contribution is -2.03. The van der Waals surface area contributed by atoms with Crippen molar-refractivity contribution in [3.8, 4) is 0 Å². The van der Waals surface area contributed by atoms with Gasteiger partial charge in [0.1, 0.15) is 0 Å². The minimum Gasteiger partial charge on any atom is -0.145 e. The summed E-state index contributed by atoms with van der Waals surface area (Å²) < 4.78 is 31.7. The van der Waals surface area contributed by atoms with Crippen LogP contribution in [-0.2, 0) is 18.2 Å². The highest BCUT2D eigenvalue weighted by Gasteiger charge is 2.24. The summed E-state index contributed by atoms with van der Waals surface area (Å²) in [6.07, 6.45) is 0. The van der Waals surface area contributed by atoms with Gasteiger partial charge in [-0.3, -0.25) is 0 Å². The molecular weight excluding hydrogens is 222 g/mol. The zero-order valence-corrected chi connectivity index (χ0v) is 9.63. The molecule has 0 heterocycles. The molecule has 1 rings (SSSR count). The Morgan fingerprint density at radius 2 is 1.14 bits per heavy atom. The van der Waals surface area contributed by atoms with Gasteiger partial charge < -0.3 is 0 Å². The van der Waals surface area contributed by atoms with Crippen molar-refractivity contribution in [2.24, 2.45) is 0 Å². The van der Waals surface area contributed by atoms with Crippen molar-refractivity contribution >= 4 is 26.7 Å². The van der Waals surface area contributed by atoms with Gasteiger partial charge in [0.25, 0.3) is 0 Å². The largest absolute Gasteiger partial charge is 0.548 e. The Hall–Kier alpha value is -0.660. The molecule has 0 spiro atoms. The fourth-order valence-corrected chi connectivity index (χ4v) is 2.11. The van der Waals surface area contributed by atoms with E-state index in [0.717, 1.165) is 0 Å². The molecule has 1 aromatic rings. The molecule has 0 amide bonds. The number of hydrogen-bond acceptors (Lipinski definition) is 4. The highest BCUT2D eigenvalue weighted by molar-refractivity contribution is 7.49. The monoisotopic (exact) mass is 232 g/mol. The van der Waals surface area contributed by atoms with Gasteiger partial charge in [-0.25, -0.2) is 0 Å². The fourth-order valence-electron chi connectivity index (χ4n) is 0.907. The summed E-state index contributed by atoms with van der Waals surface area (Å²) in [5, 5.41) is 1.15. The van der Waals surface area contributed by atoms with Crippen LogP contribution in [0.1, 0.15) is 0 Å². The smallest absolute Gasteiger partial charge is 0.145 e. The quantitative estimate of drug-likeness (QED) is 0.741. The first kappa shape index (κ1) is 11.4. The molecule has 6 heteroatoms. The van der Waals surface area contributed by atoms with Gasteiger partial charge in [-0.1, -0.05) is 0 Å². The van der Waals surface area contributed by atoms with Crippen molar-refractivity contribution in [3.63, 3.8) is 0 Å². The topological polar surface area (TPSA) is 52.6 Å². The van der Waals surface area contributed by atoms with Crippen molar-refractivity contribution in [3.05, 3.63) is 24.3 Å². The maximum absolute atomic E-state index is 11.2. The Morgan fingerprint density at radius 3 is 1.36 bits per heavy atom. The van der Waals surface area contributed by atoms with Crippen molar-refractivity contribution in [2.45, 2.75) is 0 Å². The molecule has 74 valence electrons. The van der Waals surface area contributed by atoms with Crippen LogP contribution in [0.4, 0.5) is 0 Å². The third kappa shape index (κ3) is 2.66. The minimum atomic E-state index is -1.80. The average Bonchev–Trinajstić information content (AvgIpc) is 2.27. The Bertz CT molecular complexity index is 312. The molecule has 0 aliphatic carbocycles. The second-order valence-corrected chi connectivity index (χ2v) is 5.19. The number of rotatable bonds is 4. The molecule has 0 aliphatic heterocycles. The third-order valence-electron chi connectivity index (χ3n) is 1.60. The molecule has 4 nitrogen and oxygen atoms in total. The van der Waals surface area contributed by atoms with E-state index in [2.05, 4.69) is 9.05 Å². The zero-order valence-electron chi connectivity index (χ0n) is 7.84. The molecule has 2 unspecified atom stereocenters. The molecule has 0 aromatic heterocycles. The predicted molar refractivity (Wildman–Crippen MR) is 54.9 cm³/mol. The first-order chi connectivity index (χ1) is 6.69. The van der Waals surface area contributed by atoms with Gasteiger partial charge in [-0.2, -0.15) is 0 Å². The summed E-state index contributed by atoms with van der Waals surface area (Å²) in [6, 6.07) is 6.46. The zero-order chi connectivity index (χ0) is 10.6. The van der Waals surface area contributed by atoms with E-state index in [0.29, 0.717) is 10.6 Å². The van der Waals surface area contributed by atoms with Gasteiger partial charge in [0.2, 0.25) is 10.6 Å². The maximum atomic E-state index is 11.2. The highest BCUT2D eigenvalue weighted by atomic mass is 31.1. The Labute approximate surface area is 84.0 Å². The SMILES string of the molecule is CO[P+](=O)c1ccc([P+](=O)OC)cc1. The van der Waals surface area contributed by atoms with Crippen molar-refractivity contribution in [2.75, 3.05) is 14.2 Å². The Morgan fingerprint density at radius 1 is 0.857 bits per heavy atom. The second-order valence-electron chi connectivity index (χ2n) is 2.40. The number of hydrogen-bond donors (Lipinski definition) is 0. The van der Waals surface area contributed by atoms with Crippen LogP contribution < -0.4 is 10.6 Å². The van der Waals surface area contributed by atoms with Crippen LogP contribution in [0.15, 0.2) is 24.3 Å². The summed E-state index contributed by atoms with van der Waals surface area (Å²) in [5.74, 6) is 0. The van der Waals surface area contributed by atoms with Crippen LogP contribution in [0.3, 0.4) is 0 Å². The molecular formula is C8H10O4P2+2. The summed E-state index contributed by atoms with van der Waals surface area (Å²) in [6.45, 7) is 0. The molecule has 0 radical (unpaired) electrons. The lowest BCUT2D eigenvalue weighted by Gasteiger charge is -1.85. The van der Waals surface area contributed by atoms with E-state index in [-0.39, 0.29) is 0 Å². The van der Waals surface area contributed by atoms with Crippen LogP contribution in [0.25, 0.3) is 0 Å². The molecule has 0 aliphatic rings. The molecule has 0 fully saturated rings. The van der Waals surface area contributed by atoms with Crippen LogP contribution >= 0.6 is 16.1 Å². The first-order valence-electron chi connectivity index (χ1n) is 3.82. The summed E-state index contributed by atoms with van der Waals surface area (Å²) >= 11 is 0. The molecule has 0 saturated carbocycles. The average molecular weight is 232 g/mol. The molecule has 2 atom stereocenters. The number of benzene rings is 1. The van der Waals surface area contributed by atoms with E-state index in [1.165, 1.54) is 14.2 Å². The molecule has 1 aromatic carbocycles. The third-order valence-corrected chi connectivity index (χ3v) is 3.71. The van der Waals surface area contributed by atoms with E-state index in [1.54, 1.807) is 24.3 Å². The first-order valence-corrected chi connectivity index (χ1v) is 6.17. The Kier molecular flexibility index (Phi) is 4.30. The molecule has 0 saturated heterocycles. The van der Waals surface area contributed by atoms with Gasteiger partial charge in [0, 0.05) is 0 Å². The fraction of sp³-hybridized carbons (Fsp3) is 0.250. The van der Waals surface area contributed by atoms with E-state index < -0.39 is 16.1 Å². The van der Waals surface area contributed by atoms with E-state index in [1.807, 2.05) is 0 Å². The van der Waals surface area contributed by atoms with Crippen LogP contribution in [0, 0.1) is 0 Å². The normalized spacial score (nSPS) is 12.4. The van der Waals surface area contributed by atoms with Crippen LogP contribution in [0.5, 0.6) is 0 Å². The lowest BCUT2D eigenvalue weighted by atomic mass is 10.4. The van der Waals surface area contributed by atoms with E-state index >= 15 is 0 Å². The van der Waals surface area contributed by atoms with Crippen molar-refractivity contribution < 1.29 is 18.2 Å². The highest BCUT2D eigenvalue weighted by Crippen LogP contribution is 2.22. The van der Waals surface area contributed by atoms with Crippen molar-refractivity contribution in [1.29, 1.82) is 0 Å². The minimum absolute atomic E-state index is 0.575. The lowest BCUT2D eigenvalue weighted by molar-refractivity contribution is 0.422. The maximum Gasteiger partial charge on any atom is 0.548 e. The second kappa shape index (κ2) is 5.28. The molecule has 0 bridgehead atoms. The summed E-state index contributed by atoms with van der Waals surface area (Å²) in [7, 11) is -0.836.